The highest BCUT2D eigenvalue weighted by Gasteiger charge is 2.17. The van der Waals surface area contributed by atoms with E-state index in [4.69, 9.17) is 4.42 Å². The van der Waals surface area contributed by atoms with Crippen molar-refractivity contribution in [3.63, 3.8) is 0 Å². The van der Waals surface area contributed by atoms with Gasteiger partial charge in [0.15, 0.2) is 5.76 Å². The van der Waals surface area contributed by atoms with Gasteiger partial charge in [-0.3, -0.25) is 9.69 Å². The van der Waals surface area contributed by atoms with Crippen molar-refractivity contribution in [2.75, 3.05) is 33.2 Å². The lowest BCUT2D eigenvalue weighted by Gasteiger charge is -2.27. The van der Waals surface area contributed by atoms with Crippen LogP contribution >= 0.6 is 0 Å². The maximum atomic E-state index is 11.8. The average Bonchev–Trinajstić information content (AvgIpc) is 2.83. The summed E-state index contributed by atoms with van der Waals surface area (Å²) in [6, 6.07) is 3.47. The van der Waals surface area contributed by atoms with Gasteiger partial charge in [0.25, 0.3) is 0 Å². The molecule has 2 heterocycles. The first-order valence-corrected chi connectivity index (χ1v) is 6.21. The van der Waals surface area contributed by atoms with Crippen molar-refractivity contribution in [3.05, 3.63) is 24.2 Å². The van der Waals surface area contributed by atoms with Crippen LogP contribution in [-0.2, 0) is 0 Å². The highest BCUT2D eigenvalue weighted by atomic mass is 16.3. The molecule has 1 aliphatic rings. The Hall–Kier alpha value is -1.13. The SMILES string of the molecule is CN(CC(=O)c1ccco1)CC1CCCNC1. The molecule has 1 aliphatic heterocycles. The first kappa shape index (κ1) is 12.3. The average molecular weight is 236 g/mol. The Bertz CT molecular complexity index is 342. The van der Waals surface area contributed by atoms with Crippen LogP contribution in [-0.4, -0.2) is 43.9 Å². The summed E-state index contributed by atoms with van der Waals surface area (Å²) in [4.78, 5) is 13.9. The number of nitrogens with zero attached hydrogens (tertiary/aromatic N) is 1. The molecular weight excluding hydrogens is 216 g/mol. The maximum Gasteiger partial charge on any atom is 0.211 e. The summed E-state index contributed by atoms with van der Waals surface area (Å²) in [5.41, 5.74) is 0. The van der Waals surface area contributed by atoms with Crippen LogP contribution in [0.15, 0.2) is 22.8 Å². The van der Waals surface area contributed by atoms with Crippen LogP contribution in [0.1, 0.15) is 23.4 Å². The van der Waals surface area contributed by atoms with E-state index >= 15 is 0 Å². The van der Waals surface area contributed by atoms with Crippen LogP contribution in [0.5, 0.6) is 0 Å². The molecule has 4 nitrogen and oxygen atoms in total. The fourth-order valence-electron chi connectivity index (χ4n) is 2.35. The van der Waals surface area contributed by atoms with Gasteiger partial charge in [0.1, 0.15) is 0 Å². The number of rotatable bonds is 5. The molecule has 0 spiro atoms. The third-order valence-electron chi connectivity index (χ3n) is 3.18. The monoisotopic (exact) mass is 236 g/mol. The predicted octanol–water partition coefficient (Wildman–Crippen LogP) is 1.39. The van der Waals surface area contributed by atoms with Crippen LogP contribution in [0.4, 0.5) is 0 Å². The van der Waals surface area contributed by atoms with Gasteiger partial charge in [0.2, 0.25) is 5.78 Å². The normalized spacial score (nSPS) is 20.7. The molecule has 2 rings (SSSR count). The quantitative estimate of drug-likeness (QED) is 0.785. The zero-order valence-electron chi connectivity index (χ0n) is 10.3. The molecule has 0 aromatic carbocycles. The summed E-state index contributed by atoms with van der Waals surface area (Å²) in [5, 5.41) is 3.39. The summed E-state index contributed by atoms with van der Waals surface area (Å²) in [5.74, 6) is 1.18. The lowest BCUT2D eigenvalue weighted by molar-refractivity contribution is 0.0907. The molecule has 4 heteroatoms. The van der Waals surface area contributed by atoms with Crippen molar-refractivity contribution in [2.45, 2.75) is 12.8 Å². The molecule has 1 N–H and O–H groups in total. The number of hydrogen-bond acceptors (Lipinski definition) is 4. The number of piperidine rings is 1. The summed E-state index contributed by atoms with van der Waals surface area (Å²) in [7, 11) is 2.00. The zero-order chi connectivity index (χ0) is 12.1. The van der Waals surface area contributed by atoms with Gasteiger partial charge in [0.05, 0.1) is 12.8 Å². The molecule has 1 saturated heterocycles. The number of nitrogens with one attached hydrogen (secondary N) is 1. The van der Waals surface area contributed by atoms with Gasteiger partial charge >= 0.3 is 0 Å². The molecule has 1 unspecified atom stereocenters. The first-order valence-electron chi connectivity index (χ1n) is 6.21. The molecule has 94 valence electrons. The highest BCUT2D eigenvalue weighted by molar-refractivity contribution is 5.94. The molecule has 17 heavy (non-hydrogen) atoms. The van der Waals surface area contributed by atoms with E-state index in [0.717, 1.165) is 19.6 Å². The Balaban J connectivity index is 1.76. The molecule has 0 saturated carbocycles. The molecule has 1 atom stereocenters. The van der Waals surface area contributed by atoms with Crippen molar-refractivity contribution < 1.29 is 9.21 Å². The van der Waals surface area contributed by atoms with E-state index in [1.165, 1.54) is 19.1 Å². The smallest absolute Gasteiger partial charge is 0.211 e. The summed E-state index contributed by atoms with van der Waals surface area (Å²) < 4.78 is 5.10. The lowest BCUT2D eigenvalue weighted by Crippen LogP contribution is -2.38. The van der Waals surface area contributed by atoms with Gasteiger partial charge in [-0.25, -0.2) is 0 Å². The van der Waals surface area contributed by atoms with Crippen molar-refractivity contribution in [1.82, 2.24) is 10.2 Å². The Morgan fingerprint density at radius 3 is 3.18 bits per heavy atom. The minimum atomic E-state index is 0.0567. The minimum Gasteiger partial charge on any atom is -0.461 e. The number of carbonyl (C=O) groups excluding carboxylic acids is 1. The van der Waals surface area contributed by atoms with E-state index < -0.39 is 0 Å². The molecule has 1 aromatic rings. The van der Waals surface area contributed by atoms with Gasteiger partial charge in [-0.1, -0.05) is 0 Å². The maximum absolute atomic E-state index is 11.8. The molecule has 1 fully saturated rings. The van der Waals surface area contributed by atoms with Crippen LogP contribution in [0.3, 0.4) is 0 Å². The molecule has 1 aromatic heterocycles. The van der Waals surface area contributed by atoms with E-state index in [1.54, 1.807) is 12.1 Å². The lowest BCUT2D eigenvalue weighted by atomic mass is 9.99. The molecule has 0 bridgehead atoms. The number of carbonyl (C=O) groups is 1. The van der Waals surface area contributed by atoms with Gasteiger partial charge in [0, 0.05) is 6.54 Å². The van der Waals surface area contributed by atoms with Crippen molar-refractivity contribution in [1.29, 1.82) is 0 Å². The summed E-state index contributed by atoms with van der Waals surface area (Å²) >= 11 is 0. The number of furan rings is 1. The van der Waals surface area contributed by atoms with Crippen LogP contribution in [0, 0.1) is 5.92 Å². The largest absolute Gasteiger partial charge is 0.461 e. The number of likely N-dealkylation sites (N-methyl/N-ethyl adjacent to an activating group) is 1. The van der Waals surface area contributed by atoms with Gasteiger partial charge in [-0.2, -0.15) is 0 Å². The van der Waals surface area contributed by atoms with Crippen LogP contribution in [0.2, 0.25) is 0 Å². The van der Waals surface area contributed by atoms with Crippen molar-refractivity contribution in [2.24, 2.45) is 5.92 Å². The molecule has 0 amide bonds. The Kier molecular flexibility index (Phi) is 4.34. The topological polar surface area (TPSA) is 45.5 Å². The minimum absolute atomic E-state index is 0.0567. The van der Waals surface area contributed by atoms with E-state index in [0.29, 0.717) is 18.2 Å². The number of hydrogen-bond donors (Lipinski definition) is 1. The van der Waals surface area contributed by atoms with E-state index in [2.05, 4.69) is 10.2 Å². The van der Waals surface area contributed by atoms with Crippen molar-refractivity contribution in [3.8, 4) is 0 Å². The second-order valence-electron chi connectivity index (χ2n) is 4.81. The zero-order valence-corrected chi connectivity index (χ0v) is 10.3. The van der Waals surface area contributed by atoms with Gasteiger partial charge in [-0.05, 0) is 51.0 Å². The second-order valence-corrected chi connectivity index (χ2v) is 4.81. The van der Waals surface area contributed by atoms with E-state index in [9.17, 15) is 4.79 Å². The fourth-order valence-corrected chi connectivity index (χ4v) is 2.35. The summed E-state index contributed by atoms with van der Waals surface area (Å²) in [6.45, 7) is 3.61. The van der Waals surface area contributed by atoms with Gasteiger partial charge in [-0.15, -0.1) is 0 Å². The molecule has 0 aliphatic carbocycles. The molecule has 0 radical (unpaired) electrons. The third kappa shape index (κ3) is 3.68. The van der Waals surface area contributed by atoms with Crippen molar-refractivity contribution >= 4 is 5.78 Å². The molecular formula is C13H20N2O2. The Morgan fingerprint density at radius 1 is 1.65 bits per heavy atom. The third-order valence-corrected chi connectivity index (χ3v) is 3.18. The second kappa shape index (κ2) is 5.98. The Labute approximate surface area is 102 Å². The number of Topliss-reactive ketones (excluding diaryl/α,β-unsaturated/α-hetero) is 1. The van der Waals surface area contributed by atoms with E-state index in [1.807, 2.05) is 7.05 Å². The standard InChI is InChI=1S/C13H20N2O2/c1-15(9-11-4-2-6-14-8-11)10-12(16)13-5-3-7-17-13/h3,5,7,11,14H,2,4,6,8-10H2,1H3. The Morgan fingerprint density at radius 2 is 2.53 bits per heavy atom. The summed E-state index contributed by atoms with van der Waals surface area (Å²) in [6.07, 6.45) is 4.04. The van der Waals surface area contributed by atoms with Crippen LogP contribution in [0.25, 0.3) is 0 Å². The predicted molar refractivity (Wildman–Crippen MR) is 66.1 cm³/mol. The fraction of sp³-hybridized carbons (Fsp3) is 0.615. The number of ketones is 1. The highest BCUT2D eigenvalue weighted by Crippen LogP contribution is 2.11. The first-order chi connectivity index (χ1) is 8.25. The van der Waals surface area contributed by atoms with E-state index in [-0.39, 0.29) is 5.78 Å². The van der Waals surface area contributed by atoms with Crippen LogP contribution < -0.4 is 5.32 Å². The van der Waals surface area contributed by atoms with Gasteiger partial charge < -0.3 is 9.73 Å².